The Morgan fingerprint density at radius 1 is 1.15 bits per heavy atom. The molecule has 0 bridgehead atoms. The topological polar surface area (TPSA) is 121 Å². The number of likely N-dealkylation sites (tertiary alicyclic amines) is 1. The number of hydrogen-bond acceptors (Lipinski definition) is 7. The first-order valence-corrected chi connectivity index (χ1v) is 10.2. The molecule has 1 aromatic heterocycles. The summed E-state index contributed by atoms with van der Waals surface area (Å²) in [4.78, 5) is 25.4. The highest BCUT2D eigenvalue weighted by molar-refractivity contribution is 7.94. The summed E-state index contributed by atoms with van der Waals surface area (Å²) in [5.74, 6) is -0.586. The van der Waals surface area contributed by atoms with Crippen LogP contribution in [-0.4, -0.2) is 48.4 Å². The number of nitrogens with one attached hydrogen (secondary N) is 2. The van der Waals surface area contributed by atoms with Crippen LogP contribution in [0.25, 0.3) is 0 Å². The van der Waals surface area contributed by atoms with Crippen molar-refractivity contribution in [1.29, 1.82) is 0 Å². The van der Waals surface area contributed by atoms with Crippen molar-refractivity contribution in [3.8, 4) is 0 Å². The first kappa shape index (κ1) is 18.3. The summed E-state index contributed by atoms with van der Waals surface area (Å²) >= 11 is 0.727. The molecular weight excluding hydrogens is 378 g/mol. The van der Waals surface area contributed by atoms with Gasteiger partial charge in [0.05, 0.1) is 11.3 Å². The molecule has 1 saturated heterocycles. The second-order valence-corrected chi connectivity index (χ2v) is 8.54. The van der Waals surface area contributed by atoms with Crippen LogP contribution in [0.5, 0.6) is 0 Å². The van der Waals surface area contributed by atoms with Gasteiger partial charge in [0.15, 0.2) is 0 Å². The normalized spacial score (nSPS) is 14.3. The van der Waals surface area contributed by atoms with E-state index < -0.39 is 10.0 Å². The Hall–Kier alpha value is -2.53. The first-order valence-electron chi connectivity index (χ1n) is 7.89. The highest BCUT2D eigenvalue weighted by Crippen LogP contribution is 2.25. The fourth-order valence-corrected chi connectivity index (χ4v) is 4.58. The Morgan fingerprint density at radius 3 is 2.54 bits per heavy atom. The highest BCUT2D eigenvalue weighted by Gasteiger charge is 2.26. The molecule has 0 radical (unpaired) electrons. The van der Waals surface area contributed by atoms with Crippen molar-refractivity contribution in [1.82, 2.24) is 15.1 Å². The monoisotopic (exact) mass is 395 g/mol. The second kappa shape index (κ2) is 7.38. The highest BCUT2D eigenvalue weighted by atomic mass is 32.2. The molecule has 1 fully saturated rings. The number of benzene rings is 1. The van der Waals surface area contributed by atoms with Crippen molar-refractivity contribution in [3.05, 3.63) is 29.8 Å². The van der Waals surface area contributed by atoms with Gasteiger partial charge in [-0.25, -0.2) is 0 Å². The predicted molar refractivity (Wildman–Crippen MR) is 96.6 cm³/mol. The Kier molecular flexibility index (Phi) is 5.18. The third-order valence-electron chi connectivity index (χ3n) is 3.71. The van der Waals surface area contributed by atoms with Gasteiger partial charge in [0.2, 0.25) is 11.0 Å². The Balaban J connectivity index is 1.85. The quantitative estimate of drug-likeness (QED) is 0.741. The van der Waals surface area contributed by atoms with Gasteiger partial charge in [0.25, 0.3) is 20.3 Å². The molecule has 0 unspecified atom stereocenters. The van der Waals surface area contributed by atoms with E-state index in [2.05, 4.69) is 20.2 Å². The van der Waals surface area contributed by atoms with Gasteiger partial charge in [-0.1, -0.05) is 23.5 Å². The Morgan fingerprint density at radius 2 is 1.85 bits per heavy atom. The van der Waals surface area contributed by atoms with Gasteiger partial charge in [-0.15, -0.1) is 10.2 Å². The zero-order valence-electron chi connectivity index (χ0n) is 13.9. The maximum Gasteiger partial charge on any atom is 0.291 e. The summed E-state index contributed by atoms with van der Waals surface area (Å²) in [6.07, 6.45) is 1.88. The van der Waals surface area contributed by atoms with Crippen molar-refractivity contribution in [2.45, 2.75) is 24.1 Å². The molecular formula is C15H17N5O4S2. The van der Waals surface area contributed by atoms with Gasteiger partial charge in [-0.3, -0.25) is 14.3 Å². The summed E-state index contributed by atoms with van der Waals surface area (Å²) in [7, 11) is -4.03. The largest absolute Gasteiger partial charge is 0.339 e. The molecule has 2 heterocycles. The third-order valence-corrected chi connectivity index (χ3v) is 6.29. The maximum absolute atomic E-state index is 12.6. The fourth-order valence-electron chi connectivity index (χ4n) is 2.56. The van der Waals surface area contributed by atoms with E-state index in [0.717, 1.165) is 24.2 Å². The molecule has 0 aliphatic carbocycles. The maximum atomic E-state index is 12.6. The minimum absolute atomic E-state index is 0.0827. The molecule has 1 aromatic carbocycles. The van der Waals surface area contributed by atoms with Crippen LogP contribution in [0.4, 0.5) is 10.8 Å². The Labute approximate surface area is 154 Å². The molecule has 138 valence electrons. The van der Waals surface area contributed by atoms with Gasteiger partial charge in [0, 0.05) is 20.0 Å². The van der Waals surface area contributed by atoms with E-state index in [-0.39, 0.29) is 32.5 Å². The predicted octanol–water partition coefficient (Wildman–Crippen LogP) is 1.53. The zero-order valence-corrected chi connectivity index (χ0v) is 15.6. The van der Waals surface area contributed by atoms with E-state index in [1.54, 1.807) is 23.1 Å². The van der Waals surface area contributed by atoms with Gasteiger partial charge in [-0.2, -0.15) is 8.42 Å². The van der Waals surface area contributed by atoms with E-state index in [1.165, 1.54) is 13.0 Å². The summed E-state index contributed by atoms with van der Waals surface area (Å²) < 4.78 is 27.2. The Bertz CT molecular complexity index is 935. The van der Waals surface area contributed by atoms with Crippen molar-refractivity contribution in [2.75, 3.05) is 23.1 Å². The van der Waals surface area contributed by atoms with Crippen molar-refractivity contribution >= 4 is 44.0 Å². The third kappa shape index (κ3) is 3.99. The van der Waals surface area contributed by atoms with Crippen LogP contribution in [-0.2, 0) is 14.8 Å². The summed E-state index contributed by atoms with van der Waals surface area (Å²) in [6.45, 7) is 2.61. The molecule has 9 nitrogen and oxygen atoms in total. The average molecular weight is 395 g/mol. The molecule has 0 saturated carbocycles. The first-order chi connectivity index (χ1) is 12.4. The standard InChI is InChI=1S/C15H17N5O4S2/c1-10(21)16-14-17-18-15(25-14)26(23,24)19-12-7-3-2-6-11(12)13(22)20-8-4-5-9-20/h2-3,6-7,19H,4-5,8-9H2,1H3,(H,16,17,21). The number of amides is 2. The van der Waals surface area contributed by atoms with Crippen LogP contribution in [0.15, 0.2) is 28.6 Å². The number of para-hydroxylation sites is 1. The summed E-state index contributed by atoms with van der Waals surface area (Å²) in [6, 6.07) is 6.43. The van der Waals surface area contributed by atoms with Crippen LogP contribution in [0.2, 0.25) is 0 Å². The smallest absolute Gasteiger partial charge is 0.291 e. The van der Waals surface area contributed by atoms with Crippen LogP contribution >= 0.6 is 11.3 Å². The molecule has 3 rings (SSSR count). The average Bonchev–Trinajstić information content (AvgIpc) is 3.25. The molecule has 2 N–H and O–H groups in total. The lowest BCUT2D eigenvalue weighted by atomic mass is 10.1. The van der Waals surface area contributed by atoms with E-state index >= 15 is 0 Å². The van der Waals surface area contributed by atoms with Gasteiger partial charge >= 0.3 is 0 Å². The molecule has 0 spiro atoms. The van der Waals surface area contributed by atoms with Crippen molar-refractivity contribution in [3.63, 3.8) is 0 Å². The van der Waals surface area contributed by atoms with Crippen LogP contribution < -0.4 is 10.0 Å². The van der Waals surface area contributed by atoms with E-state index in [1.807, 2.05) is 0 Å². The number of anilines is 2. The number of aromatic nitrogens is 2. The molecule has 26 heavy (non-hydrogen) atoms. The lowest BCUT2D eigenvalue weighted by Crippen LogP contribution is -2.28. The number of sulfonamides is 1. The van der Waals surface area contributed by atoms with E-state index in [9.17, 15) is 18.0 Å². The molecule has 1 aliphatic rings. The summed E-state index contributed by atoms with van der Waals surface area (Å²) in [5, 5.41) is 9.69. The van der Waals surface area contributed by atoms with Crippen LogP contribution in [0, 0.1) is 0 Å². The summed E-state index contributed by atoms with van der Waals surface area (Å²) in [5.41, 5.74) is 0.463. The van der Waals surface area contributed by atoms with Gasteiger partial charge in [0.1, 0.15) is 0 Å². The van der Waals surface area contributed by atoms with Gasteiger partial charge in [-0.05, 0) is 25.0 Å². The van der Waals surface area contributed by atoms with Gasteiger partial charge < -0.3 is 10.2 Å². The zero-order chi connectivity index (χ0) is 18.7. The number of hydrogen-bond donors (Lipinski definition) is 2. The molecule has 11 heteroatoms. The van der Waals surface area contributed by atoms with E-state index in [0.29, 0.717) is 13.1 Å². The van der Waals surface area contributed by atoms with Crippen LogP contribution in [0.1, 0.15) is 30.1 Å². The number of nitrogens with zero attached hydrogens (tertiary/aromatic N) is 3. The molecule has 2 amide bonds. The lowest BCUT2D eigenvalue weighted by molar-refractivity contribution is -0.114. The molecule has 0 atom stereocenters. The number of carbonyl (C=O) groups excluding carboxylic acids is 2. The fraction of sp³-hybridized carbons (Fsp3) is 0.333. The van der Waals surface area contributed by atoms with Crippen LogP contribution in [0.3, 0.4) is 0 Å². The minimum atomic E-state index is -4.03. The van der Waals surface area contributed by atoms with Crippen molar-refractivity contribution < 1.29 is 18.0 Å². The molecule has 2 aromatic rings. The van der Waals surface area contributed by atoms with Crippen molar-refractivity contribution in [2.24, 2.45) is 0 Å². The minimum Gasteiger partial charge on any atom is -0.339 e. The second-order valence-electron chi connectivity index (χ2n) is 5.70. The van der Waals surface area contributed by atoms with E-state index in [4.69, 9.17) is 0 Å². The number of carbonyl (C=O) groups is 2. The molecule has 1 aliphatic heterocycles. The SMILES string of the molecule is CC(=O)Nc1nnc(S(=O)(=O)Nc2ccccc2C(=O)N2CCCC2)s1. The number of rotatable bonds is 5. The lowest BCUT2D eigenvalue weighted by Gasteiger charge is -2.17.